The number of rotatable bonds is 6. The van der Waals surface area contributed by atoms with Gasteiger partial charge in [-0.15, -0.1) is 11.3 Å². The molecule has 4 aromatic rings. The molecule has 0 bridgehead atoms. The normalized spacial score (nSPS) is 13.9. The largest absolute Gasteiger partial charge is 0.467 e. The zero-order valence-electron chi connectivity index (χ0n) is 18.8. The molecule has 1 N–H and O–H groups in total. The average molecular weight is 480 g/mol. The van der Waals surface area contributed by atoms with Gasteiger partial charge in [-0.25, -0.2) is 4.98 Å². The van der Waals surface area contributed by atoms with E-state index in [1.54, 1.807) is 28.2 Å². The molecule has 5 rings (SSSR count). The quantitative estimate of drug-likeness (QED) is 0.307. The number of carbonyl (C=O) groups is 1. The summed E-state index contributed by atoms with van der Waals surface area (Å²) in [7, 11) is 0. The Morgan fingerprint density at radius 1 is 1.30 bits per heavy atom. The Hall–Kier alpha value is -2.84. The van der Waals surface area contributed by atoms with Crippen molar-refractivity contribution in [1.82, 2.24) is 14.9 Å². The minimum Gasteiger partial charge on any atom is -0.467 e. The summed E-state index contributed by atoms with van der Waals surface area (Å²) in [5.41, 5.74) is 4.06. The molecular weight excluding hydrogens is 454 g/mol. The number of hydrogen-bond acceptors (Lipinski definition) is 6. The number of thiophene rings is 1. The molecule has 0 aliphatic heterocycles. The first-order valence-electron chi connectivity index (χ1n) is 11.0. The number of hydrogen-bond donors (Lipinski definition) is 1. The van der Waals surface area contributed by atoms with Gasteiger partial charge in [0.1, 0.15) is 10.6 Å². The van der Waals surface area contributed by atoms with Crippen LogP contribution in [0.5, 0.6) is 0 Å². The van der Waals surface area contributed by atoms with Gasteiger partial charge in [0.15, 0.2) is 5.16 Å². The van der Waals surface area contributed by atoms with E-state index in [9.17, 15) is 9.59 Å². The van der Waals surface area contributed by atoms with Gasteiger partial charge in [0.25, 0.3) is 5.56 Å². The maximum Gasteiger partial charge on any atom is 0.267 e. The maximum atomic E-state index is 13.8. The predicted molar refractivity (Wildman–Crippen MR) is 133 cm³/mol. The number of furan rings is 1. The maximum absolute atomic E-state index is 13.8. The number of benzene rings is 1. The van der Waals surface area contributed by atoms with E-state index in [-0.39, 0.29) is 23.3 Å². The van der Waals surface area contributed by atoms with Crippen LogP contribution in [0, 0.1) is 13.8 Å². The van der Waals surface area contributed by atoms with Gasteiger partial charge in [-0.05, 0) is 69.4 Å². The van der Waals surface area contributed by atoms with Crippen LogP contribution in [0.1, 0.15) is 46.7 Å². The van der Waals surface area contributed by atoms with Crippen LogP contribution in [-0.2, 0) is 17.6 Å². The molecule has 1 aromatic carbocycles. The first-order valence-corrected chi connectivity index (χ1v) is 12.8. The van der Waals surface area contributed by atoms with Crippen LogP contribution in [0.3, 0.4) is 0 Å². The van der Waals surface area contributed by atoms with E-state index >= 15 is 0 Å². The van der Waals surface area contributed by atoms with Gasteiger partial charge in [-0.2, -0.15) is 0 Å². The molecule has 8 heteroatoms. The Morgan fingerprint density at radius 2 is 2.15 bits per heavy atom. The van der Waals surface area contributed by atoms with Crippen molar-refractivity contribution in [2.24, 2.45) is 0 Å². The van der Waals surface area contributed by atoms with Crippen molar-refractivity contribution < 1.29 is 9.21 Å². The van der Waals surface area contributed by atoms with Crippen molar-refractivity contribution in [3.8, 4) is 5.69 Å². The lowest BCUT2D eigenvalue weighted by atomic mass is 10.1. The van der Waals surface area contributed by atoms with Gasteiger partial charge in [0.05, 0.1) is 29.1 Å². The van der Waals surface area contributed by atoms with Crippen molar-refractivity contribution in [3.05, 3.63) is 74.3 Å². The molecule has 1 amide bonds. The third-order valence-electron chi connectivity index (χ3n) is 5.98. The summed E-state index contributed by atoms with van der Waals surface area (Å²) in [5, 5.41) is 4.23. The third-order valence-corrected chi connectivity index (χ3v) is 8.11. The number of nitrogens with zero attached hydrogens (tertiary/aromatic N) is 2. The molecule has 1 aliphatic rings. The highest BCUT2D eigenvalue weighted by atomic mass is 32.2. The molecule has 0 radical (unpaired) electrons. The van der Waals surface area contributed by atoms with E-state index in [2.05, 4.69) is 11.4 Å². The second kappa shape index (κ2) is 8.83. The van der Waals surface area contributed by atoms with E-state index < -0.39 is 0 Å². The Morgan fingerprint density at radius 3 is 2.91 bits per heavy atom. The zero-order valence-corrected chi connectivity index (χ0v) is 20.4. The molecule has 1 unspecified atom stereocenters. The second-order valence-electron chi connectivity index (χ2n) is 8.46. The molecule has 0 spiro atoms. The number of amides is 1. The number of aromatic nitrogens is 2. The monoisotopic (exact) mass is 479 g/mol. The summed E-state index contributed by atoms with van der Waals surface area (Å²) >= 11 is 2.91. The van der Waals surface area contributed by atoms with Crippen LogP contribution >= 0.6 is 23.1 Å². The van der Waals surface area contributed by atoms with E-state index in [1.807, 2.05) is 39.0 Å². The van der Waals surface area contributed by atoms with E-state index in [0.29, 0.717) is 10.9 Å². The molecule has 0 saturated heterocycles. The summed E-state index contributed by atoms with van der Waals surface area (Å²) in [6.45, 7) is 5.92. The summed E-state index contributed by atoms with van der Waals surface area (Å²) < 4.78 is 7.07. The Labute approximate surface area is 200 Å². The highest BCUT2D eigenvalue weighted by molar-refractivity contribution is 7.99. The van der Waals surface area contributed by atoms with Crippen molar-refractivity contribution in [3.63, 3.8) is 0 Å². The van der Waals surface area contributed by atoms with E-state index in [0.717, 1.165) is 51.9 Å². The molecule has 0 saturated carbocycles. The summed E-state index contributed by atoms with van der Waals surface area (Å²) in [4.78, 5) is 33.4. The van der Waals surface area contributed by atoms with Crippen molar-refractivity contribution >= 4 is 39.2 Å². The molecule has 1 aliphatic carbocycles. The van der Waals surface area contributed by atoms with Crippen LogP contribution in [0.15, 0.2) is 51.0 Å². The fraction of sp³-hybridized carbons (Fsp3) is 0.320. The van der Waals surface area contributed by atoms with Gasteiger partial charge in [-0.1, -0.05) is 29.5 Å². The van der Waals surface area contributed by atoms with Crippen LogP contribution in [0.25, 0.3) is 15.9 Å². The van der Waals surface area contributed by atoms with E-state index in [1.165, 1.54) is 16.6 Å². The lowest BCUT2D eigenvalue weighted by molar-refractivity contribution is -0.119. The van der Waals surface area contributed by atoms with E-state index in [4.69, 9.17) is 9.40 Å². The fourth-order valence-electron chi connectivity index (χ4n) is 4.41. The number of nitrogens with one attached hydrogen (secondary N) is 1. The molecule has 170 valence electrons. The second-order valence-corrected chi connectivity index (χ2v) is 10.5. The number of thioether (sulfide) groups is 1. The molecule has 3 heterocycles. The molecule has 1 atom stereocenters. The standard InChI is InChI=1S/C25H25N3O3S2/c1-14-9-10-18(15(2)12-14)28-24(30)22-17-6-4-8-20(17)33-23(22)27-25(28)32-13-21(29)26-16(3)19-7-5-11-31-19/h5,7,9-12,16H,4,6,8,13H2,1-3H3,(H,26,29). The Kier molecular flexibility index (Phi) is 5.88. The Balaban J connectivity index is 1.52. The fourth-order valence-corrected chi connectivity index (χ4v) is 6.53. The van der Waals surface area contributed by atoms with Crippen LogP contribution < -0.4 is 10.9 Å². The molecule has 0 fully saturated rings. The van der Waals surface area contributed by atoms with Crippen LogP contribution in [0.2, 0.25) is 0 Å². The number of aryl methyl sites for hydroxylation is 4. The lowest BCUT2D eigenvalue weighted by Crippen LogP contribution is -2.29. The smallest absolute Gasteiger partial charge is 0.267 e. The Bertz CT molecular complexity index is 1400. The molecule has 6 nitrogen and oxygen atoms in total. The number of carbonyl (C=O) groups excluding carboxylic acids is 1. The van der Waals surface area contributed by atoms with Crippen molar-refractivity contribution in [1.29, 1.82) is 0 Å². The average Bonchev–Trinajstić information content (AvgIpc) is 3.50. The highest BCUT2D eigenvalue weighted by Gasteiger charge is 2.25. The first kappa shape index (κ1) is 22.0. The van der Waals surface area contributed by atoms with Crippen LogP contribution in [-0.4, -0.2) is 21.2 Å². The molecule has 3 aromatic heterocycles. The first-order chi connectivity index (χ1) is 15.9. The minimum absolute atomic E-state index is 0.0433. The van der Waals surface area contributed by atoms with Gasteiger partial charge in [0, 0.05) is 4.88 Å². The third kappa shape index (κ3) is 4.13. The van der Waals surface area contributed by atoms with Gasteiger partial charge >= 0.3 is 0 Å². The number of fused-ring (bicyclic) bond motifs is 3. The predicted octanol–water partition coefficient (Wildman–Crippen LogP) is 5.12. The zero-order chi connectivity index (χ0) is 23.1. The van der Waals surface area contributed by atoms with Gasteiger partial charge < -0.3 is 9.73 Å². The SMILES string of the molecule is Cc1ccc(-n2c(SCC(=O)NC(C)c3ccco3)nc3sc4c(c3c2=O)CCC4)c(C)c1. The summed E-state index contributed by atoms with van der Waals surface area (Å²) in [6, 6.07) is 9.44. The lowest BCUT2D eigenvalue weighted by Gasteiger charge is -2.16. The van der Waals surface area contributed by atoms with Gasteiger partial charge in [0.2, 0.25) is 5.91 Å². The molecule has 33 heavy (non-hydrogen) atoms. The molecular formula is C25H25N3O3S2. The van der Waals surface area contributed by atoms with Crippen LogP contribution in [0.4, 0.5) is 0 Å². The summed E-state index contributed by atoms with van der Waals surface area (Å²) in [6.07, 6.45) is 4.62. The summed E-state index contributed by atoms with van der Waals surface area (Å²) in [5.74, 6) is 0.714. The topological polar surface area (TPSA) is 77.1 Å². The highest BCUT2D eigenvalue weighted by Crippen LogP contribution is 2.36. The van der Waals surface area contributed by atoms with Crippen molar-refractivity contribution in [2.45, 2.75) is 51.2 Å². The van der Waals surface area contributed by atoms with Crippen molar-refractivity contribution in [2.75, 3.05) is 5.75 Å². The van der Waals surface area contributed by atoms with Gasteiger partial charge in [-0.3, -0.25) is 14.2 Å². The minimum atomic E-state index is -0.231.